The molecule has 1 aliphatic rings. The number of benzene rings is 1. The Morgan fingerprint density at radius 1 is 1.33 bits per heavy atom. The normalized spacial score (nSPS) is 16.4. The first kappa shape index (κ1) is 19.0. The van der Waals surface area contributed by atoms with Gasteiger partial charge in [0.1, 0.15) is 5.82 Å². The van der Waals surface area contributed by atoms with Crippen molar-refractivity contribution < 1.29 is 22.8 Å². The van der Waals surface area contributed by atoms with Crippen molar-refractivity contribution in [2.24, 2.45) is 0 Å². The molecule has 27 heavy (non-hydrogen) atoms. The van der Waals surface area contributed by atoms with E-state index in [0.717, 1.165) is 30.0 Å². The van der Waals surface area contributed by atoms with Crippen LogP contribution in [0.25, 0.3) is 0 Å². The van der Waals surface area contributed by atoms with Gasteiger partial charge in [-0.05, 0) is 24.5 Å². The molecule has 0 saturated heterocycles. The van der Waals surface area contributed by atoms with Gasteiger partial charge < -0.3 is 15.6 Å². The maximum atomic E-state index is 12.8. The third kappa shape index (κ3) is 3.97. The zero-order chi connectivity index (χ0) is 19.8. The van der Waals surface area contributed by atoms with E-state index >= 15 is 0 Å². The molecule has 1 aromatic heterocycles. The van der Waals surface area contributed by atoms with E-state index in [4.69, 9.17) is 0 Å². The van der Waals surface area contributed by atoms with Crippen molar-refractivity contribution in [3.05, 3.63) is 45.7 Å². The van der Waals surface area contributed by atoms with Crippen molar-refractivity contribution in [3.8, 4) is 0 Å². The van der Waals surface area contributed by atoms with Gasteiger partial charge in [-0.25, -0.2) is 4.98 Å². The molecular weight excluding hydrogens is 385 g/mol. The highest BCUT2D eigenvalue weighted by molar-refractivity contribution is 7.98. The molecule has 2 amide bonds. The Morgan fingerprint density at radius 2 is 2.07 bits per heavy atom. The van der Waals surface area contributed by atoms with Crippen molar-refractivity contribution in [2.75, 3.05) is 16.9 Å². The number of hydrogen-bond acceptors (Lipinski definition) is 5. The quantitative estimate of drug-likeness (QED) is 0.545. The number of carbonyl (C=O) groups excluding carboxylic acids is 2. The summed E-state index contributed by atoms with van der Waals surface area (Å²) in [6, 6.07) is 4.09. The first-order chi connectivity index (χ1) is 12.7. The van der Waals surface area contributed by atoms with Crippen LogP contribution in [0.5, 0.6) is 0 Å². The fourth-order valence-corrected chi connectivity index (χ4v) is 3.05. The fraction of sp³-hybridized carbons (Fsp3) is 0.250. The molecule has 0 radical (unpaired) electrons. The molecule has 142 valence electrons. The zero-order valence-corrected chi connectivity index (χ0v) is 14.6. The van der Waals surface area contributed by atoms with Crippen LogP contribution >= 0.6 is 11.8 Å². The molecule has 1 unspecified atom stereocenters. The maximum Gasteiger partial charge on any atom is 0.416 e. The number of amides is 2. The van der Waals surface area contributed by atoms with Crippen LogP contribution in [0.4, 0.5) is 24.7 Å². The van der Waals surface area contributed by atoms with E-state index in [2.05, 4.69) is 20.6 Å². The van der Waals surface area contributed by atoms with Crippen molar-refractivity contribution in [1.82, 2.24) is 9.97 Å². The van der Waals surface area contributed by atoms with E-state index in [1.807, 2.05) is 0 Å². The fourth-order valence-electron chi connectivity index (χ4n) is 2.67. The molecular formula is C16H13F3N4O3S. The van der Waals surface area contributed by atoms with Crippen molar-refractivity contribution in [1.29, 1.82) is 0 Å². The van der Waals surface area contributed by atoms with Crippen molar-refractivity contribution >= 4 is 35.1 Å². The molecule has 0 saturated carbocycles. The first-order valence-electron chi connectivity index (χ1n) is 7.65. The molecule has 1 aromatic carbocycles. The summed E-state index contributed by atoms with van der Waals surface area (Å²) in [6.07, 6.45) is -3.21. The van der Waals surface area contributed by atoms with Gasteiger partial charge in [-0.3, -0.25) is 14.4 Å². The third-order valence-corrected chi connectivity index (χ3v) is 4.48. The monoisotopic (exact) mass is 398 g/mol. The van der Waals surface area contributed by atoms with Crippen molar-refractivity contribution in [3.63, 3.8) is 0 Å². The molecule has 0 aliphatic carbocycles. The SMILES string of the molecule is CSc1nc2c(c(=O)[nH]1)C(C(=O)Nc1cccc(C(F)(F)F)c1)CC(=O)N2. The molecule has 0 bridgehead atoms. The Bertz CT molecular complexity index is 974. The van der Waals surface area contributed by atoms with Gasteiger partial charge in [0.15, 0.2) is 5.16 Å². The molecule has 3 rings (SSSR count). The van der Waals surface area contributed by atoms with E-state index in [-0.39, 0.29) is 28.6 Å². The summed E-state index contributed by atoms with van der Waals surface area (Å²) in [4.78, 5) is 43.4. The summed E-state index contributed by atoms with van der Waals surface area (Å²) in [5.41, 5.74) is -1.64. The van der Waals surface area contributed by atoms with Crippen LogP contribution in [0, 0.1) is 0 Å². The summed E-state index contributed by atoms with van der Waals surface area (Å²) < 4.78 is 38.4. The topological polar surface area (TPSA) is 104 Å². The Balaban J connectivity index is 1.93. The lowest BCUT2D eigenvalue weighted by Crippen LogP contribution is -2.36. The van der Waals surface area contributed by atoms with Gasteiger partial charge in [0.2, 0.25) is 11.8 Å². The number of thioether (sulfide) groups is 1. The summed E-state index contributed by atoms with van der Waals surface area (Å²) in [5.74, 6) is -2.48. The minimum atomic E-state index is -4.56. The molecule has 0 spiro atoms. The number of aromatic nitrogens is 2. The second kappa shape index (κ2) is 7.06. The van der Waals surface area contributed by atoms with Crippen LogP contribution in [-0.4, -0.2) is 28.0 Å². The average Bonchev–Trinajstić information content (AvgIpc) is 2.59. The predicted octanol–water partition coefficient (Wildman–Crippen LogP) is 2.58. The minimum absolute atomic E-state index is 0.0245. The molecule has 1 aliphatic heterocycles. The molecule has 7 nitrogen and oxygen atoms in total. The summed E-state index contributed by atoms with van der Waals surface area (Å²) in [5, 5.41) is 5.04. The van der Waals surface area contributed by atoms with E-state index in [0.29, 0.717) is 0 Å². The van der Waals surface area contributed by atoms with Gasteiger partial charge in [-0.15, -0.1) is 0 Å². The van der Waals surface area contributed by atoms with Gasteiger partial charge in [0, 0.05) is 12.1 Å². The van der Waals surface area contributed by atoms with Crippen LogP contribution in [0.3, 0.4) is 0 Å². The largest absolute Gasteiger partial charge is 0.416 e. The number of nitrogens with one attached hydrogen (secondary N) is 3. The van der Waals surface area contributed by atoms with E-state index < -0.39 is 35.0 Å². The number of rotatable bonds is 3. The molecule has 1 atom stereocenters. The number of H-pyrrole nitrogens is 1. The molecule has 2 aromatic rings. The average molecular weight is 398 g/mol. The number of carbonyl (C=O) groups is 2. The van der Waals surface area contributed by atoms with Crippen LogP contribution < -0.4 is 16.2 Å². The van der Waals surface area contributed by atoms with Gasteiger partial charge in [-0.2, -0.15) is 13.2 Å². The Kier molecular flexibility index (Phi) is 4.96. The lowest BCUT2D eigenvalue weighted by molar-refractivity contribution is -0.137. The van der Waals surface area contributed by atoms with E-state index in [1.54, 1.807) is 6.26 Å². The molecule has 0 fully saturated rings. The number of anilines is 2. The van der Waals surface area contributed by atoms with Gasteiger partial charge in [0.05, 0.1) is 17.0 Å². The van der Waals surface area contributed by atoms with Crippen LogP contribution in [-0.2, 0) is 15.8 Å². The highest BCUT2D eigenvalue weighted by Gasteiger charge is 2.35. The highest BCUT2D eigenvalue weighted by atomic mass is 32.2. The number of alkyl halides is 3. The molecule has 3 N–H and O–H groups in total. The number of halogens is 3. The lowest BCUT2D eigenvalue weighted by atomic mass is 9.92. The van der Waals surface area contributed by atoms with E-state index in [1.165, 1.54) is 6.07 Å². The minimum Gasteiger partial charge on any atom is -0.326 e. The maximum absolute atomic E-state index is 12.8. The predicted molar refractivity (Wildman–Crippen MR) is 92.7 cm³/mol. The summed E-state index contributed by atoms with van der Waals surface area (Å²) in [6.45, 7) is 0. The third-order valence-electron chi connectivity index (χ3n) is 3.90. The Labute approximate surface area is 154 Å². The summed E-state index contributed by atoms with van der Waals surface area (Å²) >= 11 is 1.15. The van der Waals surface area contributed by atoms with Gasteiger partial charge >= 0.3 is 6.18 Å². The molecule has 2 heterocycles. The van der Waals surface area contributed by atoms with Gasteiger partial charge in [-0.1, -0.05) is 17.8 Å². The van der Waals surface area contributed by atoms with E-state index in [9.17, 15) is 27.6 Å². The number of nitrogens with zero attached hydrogens (tertiary/aromatic N) is 1. The smallest absolute Gasteiger partial charge is 0.326 e. The lowest BCUT2D eigenvalue weighted by Gasteiger charge is -2.23. The second-order valence-corrected chi connectivity index (χ2v) is 6.51. The summed E-state index contributed by atoms with van der Waals surface area (Å²) in [7, 11) is 0. The van der Waals surface area contributed by atoms with Crippen LogP contribution in [0.1, 0.15) is 23.5 Å². The number of aromatic amines is 1. The number of fused-ring (bicyclic) bond motifs is 1. The first-order valence-corrected chi connectivity index (χ1v) is 8.87. The van der Waals surface area contributed by atoms with Crippen molar-refractivity contribution in [2.45, 2.75) is 23.7 Å². The highest BCUT2D eigenvalue weighted by Crippen LogP contribution is 2.32. The van der Waals surface area contributed by atoms with Crippen LogP contribution in [0.15, 0.2) is 34.2 Å². The van der Waals surface area contributed by atoms with Gasteiger partial charge in [0.25, 0.3) is 5.56 Å². The molecule has 11 heteroatoms. The Hall–Kier alpha value is -2.82. The standard InChI is InChI=1S/C16H13F3N4O3S/c1-27-15-22-12-11(14(26)23-15)9(6-10(24)21-12)13(25)20-8-4-2-3-7(5-8)16(17,18)19/h2-5,9H,6H2,1H3,(H,20,25)(H2,21,22,23,24,26). The van der Waals surface area contributed by atoms with Crippen LogP contribution in [0.2, 0.25) is 0 Å². The number of hydrogen-bond donors (Lipinski definition) is 3. The Morgan fingerprint density at radius 3 is 2.74 bits per heavy atom. The zero-order valence-electron chi connectivity index (χ0n) is 13.8. The second-order valence-electron chi connectivity index (χ2n) is 5.71.